The number of rotatable bonds is 4. The van der Waals surface area contributed by atoms with Gasteiger partial charge in [-0.05, 0) is 49.9 Å². The van der Waals surface area contributed by atoms with E-state index in [1.54, 1.807) is 0 Å². The van der Waals surface area contributed by atoms with Crippen LogP contribution in [-0.4, -0.2) is 57.8 Å². The standard InChI is InChI=1S/C20H32N4O.HI/c1-5-21-19(24-10-8-20(14-24)9-11-25-15-20)22-13-17-6-7-18(23(3)4)12-16(17)2;/h6-7,12H,5,8-11,13-15H2,1-4H3,(H,21,22);1H. The molecule has 0 radical (unpaired) electrons. The van der Waals surface area contributed by atoms with Crippen LogP contribution >= 0.6 is 24.0 Å². The summed E-state index contributed by atoms with van der Waals surface area (Å²) in [4.78, 5) is 9.49. The SMILES string of the molecule is CCNC(=NCc1ccc(N(C)C)cc1C)N1CCC2(CCOC2)C1.I. The first kappa shape index (κ1) is 21.3. The van der Waals surface area contributed by atoms with Crippen molar-refractivity contribution in [2.45, 2.75) is 33.2 Å². The highest BCUT2D eigenvalue weighted by molar-refractivity contribution is 14.0. The molecule has 2 heterocycles. The van der Waals surface area contributed by atoms with E-state index in [0.29, 0.717) is 5.41 Å². The molecular formula is C20H33IN4O. The van der Waals surface area contributed by atoms with Crippen molar-refractivity contribution < 1.29 is 4.74 Å². The van der Waals surface area contributed by atoms with Gasteiger partial charge >= 0.3 is 0 Å². The number of guanidine groups is 1. The highest BCUT2D eigenvalue weighted by Crippen LogP contribution is 2.38. The zero-order valence-electron chi connectivity index (χ0n) is 16.5. The third kappa shape index (κ3) is 4.82. The average molecular weight is 472 g/mol. The first-order valence-corrected chi connectivity index (χ1v) is 9.41. The van der Waals surface area contributed by atoms with Gasteiger partial charge in [0.2, 0.25) is 0 Å². The van der Waals surface area contributed by atoms with E-state index in [4.69, 9.17) is 9.73 Å². The Balaban J connectivity index is 0.00000243. The molecule has 0 aliphatic carbocycles. The van der Waals surface area contributed by atoms with Gasteiger partial charge < -0.3 is 19.9 Å². The largest absolute Gasteiger partial charge is 0.381 e. The maximum atomic E-state index is 5.65. The Kier molecular flexibility index (Phi) is 7.58. The molecule has 1 aromatic carbocycles. The summed E-state index contributed by atoms with van der Waals surface area (Å²) in [5.41, 5.74) is 4.19. The van der Waals surface area contributed by atoms with Gasteiger partial charge in [0.1, 0.15) is 0 Å². The number of nitrogens with one attached hydrogen (secondary N) is 1. The van der Waals surface area contributed by atoms with E-state index in [2.05, 4.69) is 61.3 Å². The number of likely N-dealkylation sites (tertiary alicyclic amines) is 1. The molecule has 2 saturated heterocycles. The van der Waals surface area contributed by atoms with Crippen molar-refractivity contribution in [3.63, 3.8) is 0 Å². The summed E-state index contributed by atoms with van der Waals surface area (Å²) in [6.45, 7) is 9.90. The molecule has 26 heavy (non-hydrogen) atoms. The van der Waals surface area contributed by atoms with E-state index in [1.165, 1.54) is 29.7 Å². The normalized spacial score (nSPS) is 22.6. The minimum atomic E-state index is 0. The second kappa shape index (κ2) is 9.26. The molecule has 0 aromatic heterocycles. The summed E-state index contributed by atoms with van der Waals surface area (Å²) in [6, 6.07) is 6.61. The fraction of sp³-hybridized carbons (Fsp3) is 0.650. The van der Waals surface area contributed by atoms with Crippen LogP contribution in [0.15, 0.2) is 23.2 Å². The fourth-order valence-electron chi connectivity index (χ4n) is 3.81. The second-order valence-electron chi connectivity index (χ2n) is 7.65. The Labute approximate surface area is 175 Å². The molecule has 146 valence electrons. The Bertz CT molecular complexity index is 626. The van der Waals surface area contributed by atoms with E-state index in [1.807, 2.05) is 0 Å². The Morgan fingerprint density at radius 3 is 2.77 bits per heavy atom. The van der Waals surface area contributed by atoms with Crippen LogP contribution in [0.4, 0.5) is 5.69 Å². The molecular weight excluding hydrogens is 439 g/mol. The topological polar surface area (TPSA) is 40.1 Å². The van der Waals surface area contributed by atoms with Gasteiger partial charge in [0.25, 0.3) is 0 Å². The van der Waals surface area contributed by atoms with Gasteiger partial charge in [-0.15, -0.1) is 24.0 Å². The maximum Gasteiger partial charge on any atom is 0.194 e. The molecule has 2 fully saturated rings. The number of aryl methyl sites for hydroxylation is 1. The van der Waals surface area contributed by atoms with Gasteiger partial charge in [0, 0.05) is 51.4 Å². The number of aliphatic imine (C=N–C) groups is 1. The van der Waals surface area contributed by atoms with Crippen molar-refractivity contribution in [1.29, 1.82) is 0 Å². The third-order valence-electron chi connectivity index (χ3n) is 5.50. The van der Waals surface area contributed by atoms with Gasteiger partial charge in [-0.3, -0.25) is 0 Å². The lowest BCUT2D eigenvalue weighted by Gasteiger charge is -2.25. The van der Waals surface area contributed by atoms with Crippen LogP contribution in [0.5, 0.6) is 0 Å². The zero-order chi connectivity index (χ0) is 17.9. The summed E-state index contributed by atoms with van der Waals surface area (Å²) in [6.07, 6.45) is 2.40. The number of anilines is 1. The quantitative estimate of drug-likeness (QED) is 0.415. The number of benzene rings is 1. The lowest BCUT2D eigenvalue weighted by molar-refractivity contribution is 0.156. The molecule has 1 unspecified atom stereocenters. The van der Waals surface area contributed by atoms with Crippen LogP contribution in [0.3, 0.4) is 0 Å². The molecule has 2 aliphatic heterocycles. The molecule has 1 spiro atoms. The molecule has 6 heteroatoms. The van der Waals surface area contributed by atoms with E-state index in [9.17, 15) is 0 Å². The predicted molar refractivity (Wildman–Crippen MR) is 120 cm³/mol. The van der Waals surface area contributed by atoms with E-state index in [-0.39, 0.29) is 24.0 Å². The summed E-state index contributed by atoms with van der Waals surface area (Å²) < 4.78 is 5.65. The van der Waals surface area contributed by atoms with Crippen molar-refractivity contribution >= 4 is 35.6 Å². The lowest BCUT2D eigenvalue weighted by atomic mass is 9.87. The number of hydrogen-bond acceptors (Lipinski definition) is 3. The second-order valence-corrected chi connectivity index (χ2v) is 7.65. The first-order chi connectivity index (χ1) is 12.0. The molecule has 1 atom stereocenters. The summed E-state index contributed by atoms with van der Waals surface area (Å²) in [5, 5.41) is 3.48. The highest BCUT2D eigenvalue weighted by atomic mass is 127. The minimum Gasteiger partial charge on any atom is -0.381 e. The molecule has 1 N–H and O–H groups in total. The van der Waals surface area contributed by atoms with Gasteiger partial charge in [0.05, 0.1) is 13.2 Å². The molecule has 1 aromatic rings. The van der Waals surface area contributed by atoms with E-state index in [0.717, 1.165) is 45.4 Å². The average Bonchev–Trinajstić information content (AvgIpc) is 3.22. The van der Waals surface area contributed by atoms with Gasteiger partial charge in [-0.25, -0.2) is 4.99 Å². The van der Waals surface area contributed by atoms with Gasteiger partial charge in [-0.1, -0.05) is 6.07 Å². The van der Waals surface area contributed by atoms with Crippen LogP contribution < -0.4 is 10.2 Å². The molecule has 5 nitrogen and oxygen atoms in total. The number of hydrogen-bond donors (Lipinski definition) is 1. The van der Waals surface area contributed by atoms with Crippen molar-refractivity contribution in [1.82, 2.24) is 10.2 Å². The lowest BCUT2D eigenvalue weighted by Crippen LogP contribution is -2.41. The molecule has 0 amide bonds. The predicted octanol–water partition coefficient (Wildman–Crippen LogP) is 3.26. The van der Waals surface area contributed by atoms with Crippen molar-refractivity contribution in [2.75, 3.05) is 51.8 Å². The summed E-state index contributed by atoms with van der Waals surface area (Å²) in [7, 11) is 4.15. The smallest absolute Gasteiger partial charge is 0.194 e. The maximum absolute atomic E-state index is 5.65. The minimum absolute atomic E-state index is 0. The monoisotopic (exact) mass is 472 g/mol. The first-order valence-electron chi connectivity index (χ1n) is 9.41. The van der Waals surface area contributed by atoms with E-state index >= 15 is 0 Å². The van der Waals surface area contributed by atoms with E-state index < -0.39 is 0 Å². The Morgan fingerprint density at radius 1 is 1.35 bits per heavy atom. The van der Waals surface area contributed by atoms with Crippen LogP contribution in [0.1, 0.15) is 30.9 Å². The molecule has 3 rings (SSSR count). The van der Waals surface area contributed by atoms with Gasteiger partial charge in [0.15, 0.2) is 5.96 Å². The Hall–Kier alpha value is -1.02. The highest BCUT2D eigenvalue weighted by Gasteiger charge is 2.42. The van der Waals surface area contributed by atoms with Gasteiger partial charge in [-0.2, -0.15) is 0 Å². The number of nitrogens with zero attached hydrogens (tertiary/aromatic N) is 3. The number of ether oxygens (including phenoxy) is 1. The van der Waals surface area contributed by atoms with Crippen molar-refractivity contribution in [3.05, 3.63) is 29.3 Å². The van der Waals surface area contributed by atoms with Crippen LogP contribution in [0.2, 0.25) is 0 Å². The van der Waals surface area contributed by atoms with Crippen molar-refractivity contribution in [2.24, 2.45) is 10.4 Å². The Morgan fingerprint density at radius 2 is 2.15 bits per heavy atom. The summed E-state index contributed by atoms with van der Waals surface area (Å²) in [5.74, 6) is 1.04. The molecule has 2 aliphatic rings. The van der Waals surface area contributed by atoms with Crippen LogP contribution in [-0.2, 0) is 11.3 Å². The fourth-order valence-corrected chi connectivity index (χ4v) is 3.81. The van der Waals surface area contributed by atoms with Crippen molar-refractivity contribution in [3.8, 4) is 0 Å². The molecule has 0 saturated carbocycles. The third-order valence-corrected chi connectivity index (χ3v) is 5.50. The summed E-state index contributed by atoms with van der Waals surface area (Å²) >= 11 is 0. The molecule has 0 bridgehead atoms. The zero-order valence-corrected chi connectivity index (χ0v) is 18.9. The van der Waals surface area contributed by atoms with Crippen LogP contribution in [0.25, 0.3) is 0 Å². The van der Waals surface area contributed by atoms with Crippen LogP contribution in [0, 0.1) is 12.3 Å². The number of halogens is 1.